The summed E-state index contributed by atoms with van der Waals surface area (Å²) in [5.41, 5.74) is 6.74. The minimum Gasteiger partial charge on any atom is -0.507 e. The Labute approximate surface area is 59.6 Å². The third-order valence-corrected chi connectivity index (χ3v) is 1.27. The number of aromatic hydroxyl groups is 1. The van der Waals surface area contributed by atoms with E-state index in [0.717, 1.165) is 0 Å². The van der Waals surface area contributed by atoms with Crippen molar-refractivity contribution in [3.05, 3.63) is 30.3 Å². The lowest BCUT2D eigenvalue weighted by molar-refractivity contribution is 0.474. The number of phenolic OH excluding ortho intramolecular Hbond substituents is 1. The van der Waals surface area contributed by atoms with E-state index in [-0.39, 0.29) is 5.75 Å². The second-order valence-corrected chi connectivity index (χ2v) is 2.02. The molecule has 0 aliphatic rings. The third kappa shape index (κ3) is 1.10. The van der Waals surface area contributed by atoms with Gasteiger partial charge < -0.3 is 10.8 Å². The average Bonchev–Trinajstić information content (AvgIpc) is 1.94. The van der Waals surface area contributed by atoms with Crippen molar-refractivity contribution in [2.75, 3.05) is 5.73 Å². The zero-order valence-electron chi connectivity index (χ0n) is 5.54. The van der Waals surface area contributed by atoms with Crippen LogP contribution in [-0.2, 0) is 0 Å². The number of nitrogen functional groups attached to an aromatic ring is 1. The van der Waals surface area contributed by atoms with E-state index in [1.165, 1.54) is 0 Å². The fourth-order valence-corrected chi connectivity index (χ4v) is 0.736. The number of rotatable bonds is 1. The van der Waals surface area contributed by atoms with Gasteiger partial charge in [0, 0.05) is 11.3 Å². The van der Waals surface area contributed by atoms with Gasteiger partial charge in [-0.05, 0) is 18.2 Å². The molecule has 10 heavy (non-hydrogen) atoms. The van der Waals surface area contributed by atoms with Gasteiger partial charge in [0.15, 0.2) is 0 Å². The molecule has 0 aromatic heterocycles. The zero-order chi connectivity index (χ0) is 7.56. The molecular formula is C8H9NO. The van der Waals surface area contributed by atoms with Crippen molar-refractivity contribution in [1.82, 2.24) is 0 Å². The van der Waals surface area contributed by atoms with Crippen molar-refractivity contribution in [2.24, 2.45) is 0 Å². The van der Waals surface area contributed by atoms with Crippen LogP contribution < -0.4 is 5.73 Å². The van der Waals surface area contributed by atoms with Crippen LogP contribution >= 0.6 is 0 Å². The van der Waals surface area contributed by atoms with Crippen LogP contribution in [0.3, 0.4) is 0 Å². The van der Waals surface area contributed by atoms with Crippen LogP contribution in [0.15, 0.2) is 24.8 Å². The summed E-state index contributed by atoms with van der Waals surface area (Å²) in [5, 5.41) is 9.11. The van der Waals surface area contributed by atoms with Crippen molar-refractivity contribution in [2.45, 2.75) is 0 Å². The normalized spacial score (nSPS) is 9.20. The summed E-state index contributed by atoms with van der Waals surface area (Å²) in [5.74, 6) is 0.212. The predicted octanol–water partition coefficient (Wildman–Crippen LogP) is 1.62. The summed E-state index contributed by atoms with van der Waals surface area (Å²) in [7, 11) is 0. The number of hydrogen-bond acceptors (Lipinski definition) is 2. The highest BCUT2D eigenvalue weighted by atomic mass is 16.3. The number of anilines is 1. The molecule has 0 bridgehead atoms. The largest absolute Gasteiger partial charge is 0.507 e. The van der Waals surface area contributed by atoms with Gasteiger partial charge in [0.2, 0.25) is 0 Å². The van der Waals surface area contributed by atoms with Crippen LogP contribution in [-0.4, -0.2) is 5.11 Å². The molecule has 2 nitrogen and oxygen atoms in total. The summed E-state index contributed by atoms with van der Waals surface area (Å²) >= 11 is 0. The van der Waals surface area contributed by atoms with Gasteiger partial charge in [-0.1, -0.05) is 12.7 Å². The smallest absolute Gasteiger partial charge is 0.122 e. The Morgan fingerprint density at radius 2 is 2.20 bits per heavy atom. The van der Waals surface area contributed by atoms with Gasteiger partial charge in [-0.2, -0.15) is 0 Å². The van der Waals surface area contributed by atoms with E-state index in [1.54, 1.807) is 24.3 Å². The number of benzene rings is 1. The Bertz CT molecular complexity index is 255. The molecule has 0 unspecified atom stereocenters. The molecule has 0 aliphatic carbocycles. The van der Waals surface area contributed by atoms with Crippen LogP contribution in [0.4, 0.5) is 5.69 Å². The molecule has 0 atom stereocenters. The molecule has 0 fully saturated rings. The Morgan fingerprint density at radius 1 is 1.50 bits per heavy atom. The third-order valence-electron chi connectivity index (χ3n) is 1.27. The van der Waals surface area contributed by atoms with Crippen LogP contribution in [0.1, 0.15) is 5.56 Å². The van der Waals surface area contributed by atoms with Gasteiger partial charge in [-0.3, -0.25) is 0 Å². The lowest BCUT2D eigenvalue weighted by Gasteiger charge is -1.98. The van der Waals surface area contributed by atoms with E-state index in [2.05, 4.69) is 6.58 Å². The van der Waals surface area contributed by atoms with Crippen molar-refractivity contribution in [1.29, 1.82) is 0 Å². The van der Waals surface area contributed by atoms with Gasteiger partial charge in [-0.25, -0.2) is 0 Å². The van der Waals surface area contributed by atoms with E-state index in [9.17, 15) is 0 Å². The molecule has 3 N–H and O–H groups in total. The van der Waals surface area contributed by atoms with Crippen LogP contribution in [0, 0.1) is 0 Å². The second kappa shape index (κ2) is 2.43. The first-order valence-electron chi connectivity index (χ1n) is 2.95. The van der Waals surface area contributed by atoms with Crippen molar-refractivity contribution in [3.8, 4) is 5.75 Å². The monoisotopic (exact) mass is 135 g/mol. The minimum atomic E-state index is 0.212. The standard InChI is InChI=1S/C8H9NO/c1-2-6-5-7(9)3-4-8(6)10/h2-5,10H,1,9H2. The molecule has 0 spiro atoms. The first-order valence-corrected chi connectivity index (χ1v) is 2.95. The van der Waals surface area contributed by atoms with Crippen LogP contribution in [0.25, 0.3) is 6.08 Å². The maximum Gasteiger partial charge on any atom is 0.122 e. The summed E-state index contributed by atoms with van der Waals surface area (Å²) in [4.78, 5) is 0. The van der Waals surface area contributed by atoms with E-state index in [4.69, 9.17) is 10.8 Å². The fraction of sp³-hybridized carbons (Fsp3) is 0. The highest BCUT2D eigenvalue weighted by Gasteiger charge is 1.94. The molecule has 2 heteroatoms. The zero-order valence-corrected chi connectivity index (χ0v) is 5.54. The molecule has 1 aromatic rings. The van der Waals surface area contributed by atoms with Crippen LogP contribution in [0.5, 0.6) is 5.75 Å². The first-order chi connectivity index (χ1) is 4.74. The van der Waals surface area contributed by atoms with Gasteiger partial charge in [0.05, 0.1) is 0 Å². The van der Waals surface area contributed by atoms with E-state index in [1.807, 2.05) is 0 Å². The van der Waals surface area contributed by atoms with Crippen molar-refractivity contribution < 1.29 is 5.11 Å². The molecule has 0 saturated carbocycles. The Balaban J connectivity index is 3.21. The first kappa shape index (κ1) is 6.68. The summed E-state index contributed by atoms with van der Waals surface area (Å²) in [6.45, 7) is 3.52. The molecule has 0 amide bonds. The Kier molecular flexibility index (Phi) is 1.63. The van der Waals surface area contributed by atoms with Crippen LogP contribution in [0.2, 0.25) is 0 Å². The predicted molar refractivity (Wildman–Crippen MR) is 42.6 cm³/mol. The second-order valence-electron chi connectivity index (χ2n) is 2.02. The van der Waals surface area contributed by atoms with E-state index in [0.29, 0.717) is 11.3 Å². The average molecular weight is 135 g/mol. The lowest BCUT2D eigenvalue weighted by atomic mass is 10.2. The molecule has 0 heterocycles. The van der Waals surface area contributed by atoms with Crippen molar-refractivity contribution >= 4 is 11.8 Å². The number of phenols is 1. The quantitative estimate of drug-likeness (QED) is 0.454. The van der Waals surface area contributed by atoms with Gasteiger partial charge in [0.1, 0.15) is 5.75 Å². The SMILES string of the molecule is C=Cc1cc(N)ccc1O. The lowest BCUT2D eigenvalue weighted by Crippen LogP contribution is -1.84. The topological polar surface area (TPSA) is 46.2 Å². The highest BCUT2D eigenvalue weighted by Crippen LogP contribution is 2.19. The number of hydrogen-bond donors (Lipinski definition) is 2. The maximum absolute atomic E-state index is 9.11. The van der Waals surface area contributed by atoms with Gasteiger partial charge >= 0.3 is 0 Å². The molecule has 52 valence electrons. The molecular weight excluding hydrogens is 126 g/mol. The van der Waals surface area contributed by atoms with E-state index < -0.39 is 0 Å². The summed E-state index contributed by atoms with van der Waals surface area (Å²) < 4.78 is 0. The Hall–Kier alpha value is -1.44. The summed E-state index contributed by atoms with van der Waals surface area (Å²) in [6.07, 6.45) is 1.56. The van der Waals surface area contributed by atoms with E-state index >= 15 is 0 Å². The molecule has 0 aliphatic heterocycles. The Morgan fingerprint density at radius 3 is 2.70 bits per heavy atom. The summed E-state index contributed by atoms with van der Waals surface area (Å²) in [6, 6.07) is 4.86. The molecule has 1 aromatic carbocycles. The fourth-order valence-electron chi connectivity index (χ4n) is 0.736. The maximum atomic E-state index is 9.11. The van der Waals surface area contributed by atoms with Gasteiger partial charge in [-0.15, -0.1) is 0 Å². The van der Waals surface area contributed by atoms with Gasteiger partial charge in [0.25, 0.3) is 0 Å². The van der Waals surface area contributed by atoms with Crippen molar-refractivity contribution in [3.63, 3.8) is 0 Å². The molecule has 1 rings (SSSR count). The molecule has 0 saturated heterocycles. The number of nitrogens with two attached hydrogens (primary N) is 1. The minimum absolute atomic E-state index is 0.212. The highest BCUT2D eigenvalue weighted by molar-refractivity contribution is 5.60. The molecule has 0 radical (unpaired) electrons.